The molecule has 1 aromatic carbocycles. The number of benzene rings is 1. The molecule has 0 fully saturated rings. The van der Waals surface area contributed by atoms with Crippen molar-refractivity contribution in [1.82, 2.24) is 4.90 Å². The Balaban J connectivity index is 2.59. The highest BCUT2D eigenvalue weighted by Crippen LogP contribution is 2.07. The molecule has 18 heavy (non-hydrogen) atoms. The van der Waals surface area contributed by atoms with Crippen LogP contribution in [0.1, 0.15) is 17.5 Å². The highest BCUT2D eigenvalue weighted by atomic mass is 16.2. The second kappa shape index (κ2) is 6.16. The summed E-state index contributed by atoms with van der Waals surface area (Å²) < 4.78 is 0. The zero-order valence-electron chi connectivity index (χ0n) is 10.7. The van der Waals surface area contributed by atoms with E-state index in [9.17, 15) is 9.59 Å². The zero-order valence-corrected chi connectivity index (χ0v) is 10.7. The topological polar surface area (TPSA) is 89.4 Å². The number of hydrogen-bond donors (Lipinski definition) is 2. The molecule has 1 unspecified atom stereocenters. The van der Waals surface area contributed by atoms with Crippen LogP contribution in [-0.4, -0.2) is 29.8 Å². The molecule has 4 N–H and O–H groups in total. The lowest BCUT2D eigenvalue weighted by atomic mass is 10.1. The maximum absolute atomic E-state index is 11.8. The quantitative estimate of drug-likeness (QED) is 0.778. The molecule has 5 heteroatoms. The number of rotatable bonds is 5. The maximum Gasteiger partial charge on any atom is 0.240 e. The van der Waals surface area contributed by atoms with Crippen molar-refractivity contribution in [3.63, 3.8) is 0 Å². The second-order valence-electron chi connectivity index (χ2n) is 4.46. The summed E-state index contributed by atoms with van der Waals surface area (Å²) in [5.41, 5.74) is 12.8. The van der Waals surface area contributed by atoms with Crippen LogP contribution < -0.4 is 11.5 Å². The molecule has 5 nitrogen and oxygen atoms in total. The Labute approximate surface area is 107 Å². The number of carbonyl (C=O) groups excluding carboxylic acids is 2. The van der Waals surface area contributed by atoms with Gasteiger partial charge < -0.3 is 16.4 Å². The first-order valence-corrected chi connectivity index (χ1v) is 5.74. The molecule has 0 aliphatic carbocycles. The lowest BCUT2D eigenvalue weighted by molar-refractivity contribution is -0.133. The van der Waals surface area contributed by atoms with E-state index < -0.39 is 11.9 Å². The van der Waals surface area contributed by atoms with Crippen molar-refractivity contribution in [2.24, 2.45) is 11.5 Å². The minimum Gasteiger partial charge on any atom is -0.370 e. The molecule has 0 aliphatic rings. The van der Waals surface area contributed by atoms with Gasteiger partial charge in [0.15, 0.2) is 0 Å². The molecule has 0 aromatic heterocycles. The average Bonchev–Trinajstić information content (AvgIpc) is 2.30. The second-order valence-corrected chi connectivity index (χ2v) is 4.46. The van der Waals surface area contributed by atoms with Gasteiger partial charge in [0.1, 0.15) is 0 Å². The number of carbonyl (C=O) groups is 2. The van der Waals surface area contributed by atoms with E-state index in [4.69, 9.17) is 11.5 Å². The number of nitrogens with two attached hydrogens (primary N) is 2. The van der Waals surface area contributed by atoms with Crippen LogP contribution in [0.2, 0.25) is 0 Å². The Hall–Kier alpha value is -1.88. The third kappa shape index (κ3) is 4.18. The van der Waals surface area contributed by atoms with Crippen LogP contribution in [0.25, 0.3) is 0 Å². The zero-order chi connectivity index (χ0) is 13.7. The highest BCUT2D eigenvalue weighted by Gasteiger charge is 2.19. The molecule has 98 valence electrons. The molecule has 0 bridgehead atoms. The summed E-state index contributed by atoms with van der Waals surface area (Å²) in [6.07, 6.45) is -0.128. The molecule has 1 atom stereocenters. The molecule has 0 spiro atoms. The van der Waals surface area contributed by atoms with E-state index in [-0.39, 0.29) is 12.3 Å². The van der Waals surface area contributed by atoms with Gasteiger partial charge in [-0.15, -0.1) is 0 Å². The molecule has 0 heterocycles. The predicted octanol–water partition coefficient (Wildman–Crippen LogP) is 0.156. The van der Waals surface area contributed by atoms with Gasteiger partial charge in [0.25, 0.3) is 0 Å². The first kappa shape index (κ1) is 14.2. The van der Waals surface area contributed by atoms with Crippen LogP contribution in [-0.2, 0) is 16.1 Å². The lowest BCUT2D eigenvalue weighted by Crippen LogP contribution is -2.43. The highest BCUT2D eigenvalue weighted by molar-refractivity contribution is 5.87. The van der Waals surface area contributed by atoms with Crippen molar-refractivity contribution < 1.29 is 9.59 Å². The van der Waals surface area contributed by atoms with Crippen molar-refractivity contribution in [3.05, 3.63) is 35.4 Å². The van der Waals surface area contributed by atoms with Gasteiger partial charge in [0.2, 0.25) is 11.8 Å². The first-order chi connectivity index (χ1) is 8.40. The van der Waals surface area contributed by atoms with Gasteiger partial charge in [-0.25, -0.2) is 0 Å². The third-order valence-corrected chi connectivity index (χ3v) is 2.65. The largest absolute Gasteiger partial charge is 0.370 e. The molecule has 1 rings (SSSR count). The minimum absolute atomic E-state index is 0.128. The normalized spacial score (nSPS) is 11.9. The van der Waals surface area contributed by atoms with Gasteiger partial charge in [-0.05, 0) is 12.5 Å². The van der Waals surface area contributed by atoms with Crippen molar-refractivity contribution >= 4 is 11.8 Å². The Bertz CT molecular complexity index is 428. The van der Waals surface area contributed by atoms with Crippen LogP contribution in [0.15, 0.2) is 24.3 Å². The SMILES string of the molecule is Cc1ccc(CN(C)C(=O)C(N)CC(N)=O)cc1. The summed E-state index contributed by atoms with van der Waals surface area (Å²) in [4.78, 5) is 24.0. The molecular weight excluding hydrogens is 230 g/mol. The van der Waals surface area contributed by atoms with Crippen LogP contribution in [0, 0.1) is 6.92 Å². The van der Waals surface area contributed by atoms with E-state index in [0.29, 0.717) is 6.54 Å². The molecule has 0 aliphatic heterocycles. The summed E-state index contributed by atoms with van der Waals surface area (Å²) in [6.45, 7) is 2.47. The minimum atomic E-state index is -0.863. The summed E-state index contributed by atoms with van der Waals surface area (Å²) in [6, 6.07) is 7.02. The summed E-state index contributed by atoms with van der Waals surface area (Å²) in [7, 11) is 1.66. The lowest BCUT2D eigenvalue weighted by Gasteiger charge is -2.20. The van der Waals surface area contributed by atoms with Gasteiger partial charge in [0, 0.05) is 13.6 Å². The van der Waals surface area contributed by atoms with E-state index in [1.807, 2.05) is 31.2 Å². The molecule has 0 saturated heterocycles. The van der Waals surface area contributed by atoms with E-state index in [0.717, 1.165) is 11.1 Å². The van der Waals surface area contributed by atoms with Crippen molar-refractivity contribution in [3.8, 4) is 0 Å². The summed E-state index contributed by atoms with van der Waals surface area (Å²) in [5, 5.41) is 0. The number of likely N-dealkylation sites (N-methyl/N-ethyl adjacent to an activating group) is 1. The van der Waals surface area contributed by atoms with Gasteiger partial charge in [0.05, 0.1) is 12.5 Å². The third-order valence-electron chi connectivity index (χ3n) is 2.65. The predicted molar refractivity (Wildman–Crippen MR) is 69.4 cm³/mol. The molecule has 0 saturated carbocycles. The summed E-state index contributed by atoms with van der Waals surface area (Å²) in [5.74, 6) is -0.853. The van der Waals surface area contributed by atoms with Crippen LogP contribution in [0.5, 0.6) is 0 Å². The number of nitrogens with zero attached hydrogens (tertiary/aromatic N) is 1. The summed E-state index contributed by atoms with van der Waals surface area (Å²) >= 11 is 0. The van der Waals surface area contributed by atoms with Crippen LogP contribution in [0.4, 0.5) is 0 Å². The van der Waals surface area contributed by atoms with Gasteiger partial charge in [-0.3, -0.25) is 9.59 Å². The monoisotopic (exact) mass is 249 g/mol. The van der Waals surface area contributed by atoms with Crippen molar-refractivity contribution in [1.29, 1.82) is 0 Å². The molecule has 0 radical (unpaired) electrons. The van der Waals surface area contributed by atoms with E-state index >= 15 is 0 Å². The maximum atomic E-state index is 11.8. The van der Waals surface area contributed by atoms with Gasteiger partial charge in [-0.2, -0.15) is 0 Å². The fourth-order valence-electron chi connectivity index (χ4n) is 1.63. The van der Waals surface area contributed by atoms with E-state index in [1.54, 1.807) is 7.05 Å². The Morgan fingerprint density at radius 2 is 1.83 bits per heavy atom. The van der Waals surface area contributed by atoms with Gasteiger partial charge >= 0.3 is 0 Å². The fraction of sp³-hybridized carbons (Fsp3) is 0.385. The molecule has 1 aromatic rings. The standard InChI is InChI=1S/C13H19N3O2/c1-9-3-5-10(6-4-9)8-16(2)13(18)11(14)7-12(15)17/h3-6,11H,7-8,14H2,1-2H3,(H2,15,17). The molecule has 2 amide bonds. The Morgan fingerprint density at radius 3 is 2.33 bits per heavy atom. The number of hydrogen-bond acceptors (Lipinski definition) is 3. The fourth-order valence-corrected chi connectivity index (χ4v) is 1.63. The average molecular weight is 249 g/mol. The number of amides is 2. The van der Waals surface area contributed by atoms with E-state index in [1.165, 1.54) is 4.90 Å². The van der Waals surface area contributed by atoms with Crippen molar-refractivity contribution in [2.75, 3.05) is 7.05 Å². The first-order valence-electron chi connectivity index (χ1n) is 5.74. The van der Waals surface area contributed by atoms with Crippen LogP contribution in [0.3, 0.4) is 0 Å². The number of aryl methyl sites for hydroxylation is 1. The van der Waals surface area contributed by atoms with E-state index in [2.05, 4.69) is 0 Å². The van der Waals surface area contributed by atoms with Crippen LogP contribution >= 0.6 is 0 Å². The van der Waals surface area contributed by atoms with Crippen molar-refractivity contribution in [2.45, 2.75) is 25.9 Å². The smallest absolute Gasteiger partial charge is 0.240 e. The number of primary amides is 1. The Kier molecular flexibility index (Phi) is 4.85. The Morgan fingerprint density at radius 1 is 1.28 bits per heavy atom. The molecular formula is C13H19N3O2. The van der Waals surface area contributed by atoms with Gasteiger partial charge in [-0.1, -0.05) is 29.8 Å².